The molecule has 1 aliphatic rings. The number of aryl methyl sites for hydroxylation is 1. The second kappa shape index (κ2) is 9.17. The van der Waals surface area contributed by atoms with Gasteiger partial charge >= 0.3 is 0 Å². The molecule has 1 fully saturated rings. The molecule has 0 aliphatic heterocycles. The highest BCUT2D eigenvalue weighted by Crippen LogP contribution is 2.25. The molecule has 6 nitrogen and oxygen atoms in total. The van der Waals surface area contributed by atoms with E-state index in [1.165, 1.54) is 19.3 Å². The zero-order valence-corrected chi connectivity index (χ0v) is 17.0. The SMILES string of the molecule is Cc1cc(NC(=O)CN(CC2CCCCC2)C(=O)c2ccc(Br)cc2)no1. The average molecular weight is 434 g/mol. The third kappa shape index (κ3) is 5.66. The number of benzene rings is 1. The van der Waals surface area contributed by atoms with E-state index < -0.39 is 0 Å². The Morgan fingerprint density at radius 1 is 1.22 bits per heavy atom. The van der Waals surface area contributed by atoms with Crippen LogP contribution in [-0.4, -0.2) is 35.0 Å². The van der Waals surface area contributed by atoms with Crippen molar-refractivity contribution in [2.75, 3.05) is 18.4 Å². The molecule has 0 atom stereocenters. The number of rotatable bonds is 6. The van der Waals surface area contributed by atoms with Gasteiger partial charge in [0.1, 0.15) is 12.3 Å². The van der Waals surface area contributed by atoms with Crippen molar-refractivity contribution in [3.05, 3.63) is 46.1 Å². The Morgan fingerprint density at radius 3 is 2.56 bits per heavy atom. The molecule has 0 saturated heterocycles. The highest BCUT2D eigenvalue weighted by atomic mass is 79.9. The zero-order chi connectivity index (χ0) is 19.2. The Labute approximate surface area is 167 Å². The van der Waals surface area contributed by atoms with Gasteiger partial charge in [-0.3, -0.25) is 9.59 Å². The predicted molar refractivity (Wildman–Crippen MR) is 106 cm³/mol. The van der Waals surface area contributed by atoms with Crippen LogP contribution < -0.4 is 5.32 Å². The maximum Gasteiger partial charge on any atom is 0.254 e. The molecule has 144 valence electrons. The number of halogens is 1. The van der Waals surface area contributed by atoms with Crippen molar-refractivity contribution in [1.29, 1.82) is 0 Å². The van der Waals surface area contributed by atoms with Crippen LogP contribution in [0.3, 0.4) is 0 Å². The zero-order valence-electron chi connectivity index (χ0n) is 15.4. The monoisotopic (exact) mass is 433 g/mol. The van der Waals surface area contributed by atoms with Crippen LogP contribution in [0.2, 0.25) is 0 Å². The minimum atomic E-state index is -0.274. The molecule has 2 aromatic rings. The first-order valence-corrected chi connectivity index (χ1v) is 10.1. The smallest absolute Gasteiger partial charge is 0.254 e. The molecule has 0 radical (unpaired) electrons. The Bertz CT molecular complexity index is 782. The number of nitrogens with zero attached hydrogens (tertiary/aromatic N) is 2. The Kier molecular flexibility index (Phi) is 6.66. The van der Waals surface area contributed by atoms with Crippen molar-refractivity contribution in [2.45, 2.75) is 39.0 Å². The number of hydrogen-bond donors (Lipinski definition) is 1. The van der Waals surface area contributed by atoms with Crippen LogP contribution in [0.25, 0.3) is 0 Å². The van der Waals surface area contributed by atoms with E-state index in [0.717, 1.165) is 17.3 Å². The van der Waals surface area contributed by atoms with E-state index in [1.807, 2.05) is 12.1 Å². The molecule has 7 heteroatoms. The summed E-state index contributed by atoms with van der Waals surface area (Å²) in [4.78, 5) is 27.1. The van der Waals surface area contributed by atoms with Crippen LogP contribution in [0.4, 0.5) is 5.82 Å². The van der Waals surface area contributed by atoms with Crippen molar-refractivity contribution in [2.24, 2.45) is 5.92 Å². The van der Waals surface area contributed by atoms with Crippen LogP contribution in [-0.2, 0) is 4.79 Å². The lowest BCUT2D eigenvalue weighted by Crippen LogP contribution is -2.41. The van der Waals surface area contributed by atoms with Gasteiger partial charge in [0.25, 0.3) is 5.91 Å². The highest BCUT2D eigenvalue weighted by Gasteiger charge is 2.24. The molecule has 1 saturated carbocycles. The Hall–Kier alpha value is -2.15. The normalized spacial score (nSPS) is 14.7. The van der Waals surface area contributed by atoms with Crippen LogP contribution in [0.5, 0.6) is 0 Å². The molecule has 1 heterocycles. The van der Waals surface area contributed by atoms with Gasteiger partial charge in [0.15, 0.2) is 5.82 Å². The lowest BCUT2D eigenvalue weighted by molar-refractivity contribution is -0.117. The maximum atomic E-state index is 13.0. The second-order valence-electron chi connectivity index (χ2n) is 7.07. The lowest BCUT2D eigenvalue weighted by atomic mass is 9.89. The second-order valence-corrected chi connectivity index (χ2v) is 7.98. The van der Waals surface area contributed by atoms with Gasteiger partial charge in [-0.25, -0.2) is 0 Å². The molecule has 0 bridgehead atoms. The summed E-state index contributed by atoms with van der Waals surface area (Å²) < 4.78 is 5.88. The predicted octanol–water partition coefficient (Wildman–Crippen LogP) is 4.41. The standard InChI is InChI=1S/C20H24BrN3O3/c1-14-11-18(23-27-14)22-19(25)13-24(12-15-5-3-2-4-6-15)20(26)16-7-9-17(21)10-8-16/h7-11,15H,2-6,12-13H2,1H3,(H,22,23,25). The van der Waals surface area contributed by atoms with Crippen molar-refractivity contribution < 1.29 is 14.1 Å². The Morgan fingerprint density at radius 2 is 1.93 bits per heavy atom. The first-order chi connectivity index (χ1) is 13.0. The number of aromatic nitrogens is 1. The fraction of sp³-hybridized carbons (Fsp3) is 0.450. The van der Waals surface area contributed by atoms with Gasteiger partial charge in [-0.2, -0.15) is 0 Å². The summed E-state index contributed by atoms with van der Waals surface area (Å²) in [6.45, 7) is 2.35. The molecule has 0 unspecified atom stereocenters. The van der Waals surface area contributed by atoms with E-state index in [-0.39, 0.29) is 18.4 Å². The molecular formula is C20H24BrN3O3. The summed E-state index contributed by atoms with van der Waals surface area (Å²) in [5, 5.41) is 6.48. The largest absolute Gasteiger partial charge is 0.360 e. The maximum absolute atomic E-state index is 13.0. The van der Waals surface area contributed by atoms with Crippen LogP contribution in [0.1, 0.15) is 48.2 Å². The van der Waals surface area contributed by atoms with E-state index >= 15 is 0 Å². The Balaban J connectivity index is 1.70. The minimum absolute atomic E-state index is 0.00267. The topological polar surface area (TPSA) is 75.4 Å². The number of hydrogen-bond acceptors (Lipinski definition) is 4. The number of carbonyl (C=O) groups excluding carboxylic acids is 2. The summed E-state index contributed by atoms with van der Waals surface area (Å²) in [6, 6.07) is 8.88. The first-order valence-electron chi connectivity index (χ1n) is 9.29. The van der Waals surface area contributed by atoms with Gasteiger partial charge in [0, 0.05) is 22.6 Å². The average Bonchev–Trinajstić information content (AvgIpc) is 3.06. The number of carbonyl (C=O) groups is 2. The van der Waals surface area contributed by atoms with Gasteiger partial charge in [-0.05, 0) is 49.9 Å². The van der Waals surface area contributed by atoms with Gasteiger partial charge in [-0.1, -0.05) is 40.3 Å². The summed E-state index contributed by atoms with van der Waals surface area (Å²) in [6.07, 6.45) is 5.84. The molecule has 2 amide bonds. The summed E-state index contributed by atoms with van der Waals surface area (Å²) >= 11 is 3.39. The molecule has 1 aromatic heterocycles. The first kappa shape index (κ1) is 19.6. The summed E-state index contributed by atoms with van der Waals surface area (Å²) in [5.41, 5.74) is 0.582. The summed E-state index contributed by atoms with van der Waals surface area (Å²) in [5.74, 6) is 1.03. The van der Waals surface area contributed by atoms with Crippen LogP contribution >= 0.6 is 15.9 Å². The van der Waals surface area contributed by atoms with Crippen LogP contribution in [0, 0.1) is 12.8 Å². The van der Waals surface area contributed by atoms with E-state index in [4.69, 9.17) is 4.52 Å². The van der Waals surface area contributed by atoms with Gasteiger partial charge in [0.2, 0.25) is 5.91 Å². The van der Waals surface area contributed by atoms with E-state index in [9.17, 15) is 9.59 Å². The third-order valence-electron chi connectivity index (χ3n) is 4.81. The van der Waals surface area contributed by atoms with Crippen molar-refractivity contribution in [1.82, 2.24) is 10.1 Å². The van der Waals surface area contributed by atoms with Crippen molar-refractivity contribution in [3.8, 4) is 0 Å². The summed E-state index contributed by atoms with van der Waals surface area (Å²) in [7, 11) is 0. The van der Waals surface area contributed by atoms with E-state index in [0.29, 0.717) is 29.6 Å². The van der Waals surface area contributed by atoms with Crippen molar-refractivity contribution >= 4 is 33.6 Å². The van der Waals surface area contributed by atoms with Gasteiger partial charge in [-0.15, -0.1) is 0 Å². The number of nitrogens with one attached hydrogen (secondary N) is 1. The van der Waals surface area contributed by atoms with Crippen LogP contribution in [0.15, 0.2) is 39.3 Å². The fourth-order valence-corrected chi connectivity index (χ4v) is 3.72. The quantitative estimate of drug-likeness (QED) is 0.731. The third-order valence-corrected chi connectivity index (χ3v) is 5.34. The van der Waals surface area contributed by atoms with Gasteiger partial charge in [0.05, 0.1) is 0 Å². The molecule has 1 N–H and O–H groups in total. The molecule has 3 rings (SSSR count). The fourth-order valence-electron chi connectivity index (χ4n) is 3.46. The number of anilines is 1. The highest BCUT2D eigenvalue weighted by molar-refractivity contribution is 9.10. The molecular weight excluding hydrogens is 410 g/mol. The molecule has 27 heavy (non-hydrogen) atoms. The number of amides is 2. The minimum Gasteiger partial charge on any atom is -0.360 e. The lowest BCUT2D eigenvalue weighted by Gasteiger charge is -2.29. The molecule has 0 spiro atoms. The molecule has 1 aromatic carbocycles. The van der Waals surface area contributed by atoms with Crippen molar-refractivity contribution in [3.63, 3.8) is 0 Å². The molecule has 1 aliphatic carbocycles. The van der Waals surface area contributed by atoms with Gasteiger partial charge < -0.3 is 14.7 Å². The van der Waals surface area contributed by atoms with E-state index in [2.05, 4.69) is 26.4 Å². The van der Waals surface area contributed by atoms with E-state index in [1.54, 1.807) is 30.0 Å².